The molecule has 0 fully saturated rings. The van der Waals surface area contributed by atoms with Crippen LogP contribution in [0, 0.1) is 0 Å². The summed E-state index contributed by atoms with van der Waals surface area (Å²) in [5.41, 5.74) is 22.4. The Morgan fingerprint density at radius 3 is 1.18 bits per heavy atom. The van der Waals surface area contributed by atoms with Crippen LogP contribution in [-0.4, -0.2) is 4.40 Å². The highest BCUT2D eigenvalue weighted by Crippen LogP contribution is 2.57. The molecule has 1 aliphatic rings. The van der Waals surface area contributed by atoms with Crippen LogP contribution in [-0.2, 0) is 27.1 Å². The van der Waals surface area contributed by atoms with Gasteiger partial charge in [-0.15, -0.1) is 0 Å². The summed E-state index contributed by atoms with van der Waals surface area (Å²) >= 11 is 0. The largest absolute Gasteiger partial charge is 0.310 e. The second-order valence-corrected chi connectivity index (χ2v) is 25.3. The average Bonchev–Trinajstić information content (AvgIpc) is 3.94. The van der Waals surface area contributed by atoms with Crippen molar-refractivity contribution < 1.29 is 0 Å². The first-order valence-electron chi connectivity index (χ1n) is 26.1. The molecule has 362 valence electrons. The van der Waals surface area contributed by atoms with Gasteiger partial charge in [-0.25, -0.2) is 0 Å². The Morgan fingerprint density at radius 1 is 0.361 bits per heavy atom. The zero-order valence-electron chi connectivity index (χ0n) is 45.1. The topological polar surface area (TPSA) is 10.9 Å². The summed E-state index contributed by atoms with van der Waals surface area (Å²) in [6.07, 6.45) is 0. The Labute approximate surface area is 429 Å². The Balaban J connectivity index is 1.12. The highest BCUT2D eigenvalue weighted by molar-refractivity contribution is 6.20. The van der Waals surface area contributed by atoms with Crippen LogP contribution in [0.2, 0.25) is 0 Å². The maximum atomic E-state index is 2.61. The SMILES string of the molecule is CC(C)(C)c1ccc(N(c2ccc(C(C)(C)C)cc2)c2ccc3c(c2)C(C)(C)c2c-3n3c4ccc(N(c5ccc(C(C)(C)C)cc5)c5ccc(C(C)(C)C)cc5)cc4c4cc(-c5ccccc5)cc2c43)cc1. The Hall–Kier alpha value is -7.10. The predicted octanol–water partition coefficient (Wildman–Crippen LogP) is 19.8. The summed E-state index contributed by atoms with van der Waals surface area (Å²) in [6, 6.07) is 67.1. The van der Waals surface area contributed by atoms with Gasteiger partial charge in [0.15, 0.2) is 0 Å². The third kappa shape index (κ3) is 7.88. The van der Waals surface area contributed by atoms with E-state index in [1.54, 1.807) is 0 Å². The summed E-state index contributed by atoms with van der Waals surface area (Å²) in [7, 11) is 0. The molecular formula is C69H71N3. The molecule has 11 rings (SSSR count). The maximum absolute atomic E-state index is 2.61. The van der Waals surface area contributed by atoms with Crippen molar-refractivity contribution in [3.05, 3.63) is 209 Å². The molecule has 72 heavy (non-hydrogen) atoms. The van der Waals surface area contributed by atoms with E-state index in [0.29, 0.717) is 0 Å². The van der Waals surface area contributed by atoms with Crippen molar-refractivity contribution >= 4 is 61.3 Å². The van der Waals surface area contributed by atoms with E-state index in [1.807, 2.05) is 0 Å². The van der Waals surface area contributed by atoms with E-state index in [2.05, 4.69) is 287 Å². The van der Waals surface area contributed by atoms with Gasteiger partial charge in [0.1, 0.15) is 0 Å². The second kappa shape index (κ2) is 16.5. The fourth-order valence-electron chi connectivity index (χ4n) is 11.5. The average molecular weight is 942 g/mol. The molecule has 0 saturated heterocycles. The molecule has 3 nitrogen and oxygen atoms in total. The first kappa shape index (κ1) is 47.2. The van der Waals surface area contributed by atoms with Gasteiger partial charge in [0.25, 0.3) is 0 Å². The van der Waals surface area contributed by atoms with E-state index < -0.39 is 0 Å². The molecule has 0 unspecified atom stereocenters. The number of nitrogens with zero attached hydrogens (tertiary/aromatic N) is 3. The van der Waals surface area contributed by atoms with Gasteiger partial charge in [-0.3, -0.25) is 0 Å². The molecule has 1 aliphatic carbocycles. The normalized spacial score (nSPS) is 13.8. The molecule has 0 saturated carbocycles. The number of anilines is 6. The fourth-order valence-corrected chi connectivity index (χ4v) is 11.5. The zero-order valence-corrected chi connectivity index (χ0v) is 45.1. The number of rotatable bonds is 7. The Morgan fingerprint density at radius 2 is 0.750 bits per heavy atom. The molecule has 0 atom stereocenters. The predicted molar refractivity (Wildman–Crippen MR) is 311 cm³/mol. The van der Waals surface area contributed by atoms with Crippen LogP contribution in [0.3, 0.4) is 0 Å². The molecule has 0 spiro atoms. The van der Waals surface area contributed by atoms with Gasteiger partial charge in [0.2, 0.25) is 0 Å². The van der Waals surface area contributed by atoms with E-state index in [9.17, 15) is 0 Å². The Kier molecular flexibility index (Phi) is 10.8. The minimum absolute atomic E-state index is 0.0546. The van der Waals surface area contributed by atoms with Gasteiger partial charge in [0.05, 0.1) is 16.7 Å². The van der Waals surface area contributed by atoms with Crippen molar-refractivity contribution in [3.8, 4) is 22.4 Å². The van der Waals surface area contributed by atoms with Crippen LogP contribution in [0.5, 0.6) is 0 Å². The molecule has 0 amide bonds. The first-order valence-corrected chi connectivity index (χ1v) is 26.1. The quantitative estimate of drug-likeness (QED) is 0.158. The third-order valence-corrected chi connectivity index (χ3v) is 15.7. The Bertz CT molecular complexity index is 3520. The van der Waals surface area contributed by atoms with E-state index >= 15 is 0 Å². The zero-order chi connectivity index (χ0) is 50.9. The summed E-state index contributed by atoms with van der Waals surface area (Å²) in [4.78, 5) is 4.89. The molecule has 0 aliphatic heterocycles. The monoisotopic (exact) mass is 942 g/mol. The van der Waals surface area contributed by atoms with Gasteiger partial charge in [-0.2, -0.15) is 0 Å². The number of hydrogen-bond donors (Lipinski definition) is 0. The van der Waals surface area contributed by atoms with Crippen molar-refractivity contribution in [1.29, 1.82) is 0 Å². The van der Waals surface area contributed by atoms with E-state index in [-0.39, 0.29) is 27.1 Å². The molecule has 10 aromatic rings. The van der Waals surface area contributed by atoms with Crippen LogP contribution in [0.15, 0.2) is 176 Å². The van der Waals surface area contributed by atoms with Crippen molar-refractivity contribution in [3.63, 3.8) is 0 Å². The van der Waals surface area contributed by atoms with Crippen LogP contribution in [0.25, 0.3) is 49.6 Å². The molecule has 3 heteroatoms. The standard InChI is InChI=1S/C69H71N3/c1-65(2,3)46-20-28-50(29-21-46)70(51-30-22-47(23-31-51)66(4,5)6)54-37-39-61-57(42-54)58-40-45(44-18-16-15-17-19-44)41-59-62-64(72(61)63(58)59)56-38-36-55(43-60(56)69(62,13)14)71(52-32-24-48(25-33-52)67(7,8)9)53-34-26-49(27-35-53)68(10,11)12/h15-43H,1-14H3. The molecule has 8 aromatic carbocycles. The third-order valence-electron chi connectivity index (χ3n) is 15.7. The number of aromatic nitrogens is 1. The van der Waals surface area contributed by atoms with Gasteiger partial charge >= 0.3 is 0 Å². The minimum Gasteiger partial charge on any atom is -0.310 e. The van der Waals surface area contributed by atoms with Crippen LogP contribution in [0.1, 0.15) is 130 Å². The fraction of sp³-hybridized carbons (Fsp3) is 0.275. The number of hydrogen-bond acceptors (Lipinski definition) is 2. The molecule has 2 heterocycles. The lowest BCUT2D eigenvalue weighted by Gasteiger charge is -2.29. The van der Waals surface area contributed by atoms with Crippen molar-refractivity contribution in [1.82, 2.24) is 4.40 Å². The van der Waals surface area contributed by atoms with E-state index in [0.717, 1.165) is 34.1 Å². The lowest BCUT2D eigenvalue weighted by molar-refractivity contribution is 0.590. The molecular weight excluding hydrogens is 871 g/mol. The molecule has 2 aromatic heterocycles. The lowest BCUT2D eigenvalue weighted by atomic mass is 9.81. The summed E-state index contributed by atoms with van der Waals surface area (Å²) in [5, 5.41) is 3.85. The van der Waals surface area contributed by atoms with Crippen LogP contribution in [0.4, 0.5) is 34.1 Å². The van der Waals surface area contributed by atoms with E-state index in [4.69, 9.17) is 0 Å². The second-order valence-electron chi connectivity index (χ2n) is 25.3. The lowest BCUT2D eigenvalue weighted by Crippen LogP contribution is -2.17. The van der Waals surface area contributed by atoms with Gasteiger partial charge in [-0.1, -0.05) is 182 Å². The number of benzene rings is 8. The minimum atomic E-state index is -0.290. The van der Waals surface area contributed by atoms with E-state index in [1.165, 1.54) is 83.0 Å². The van der Waals surface area contributed by atoms with Crippen LogP contribution < -0.4 is 9.80 Å². The van der Waals surface area contributed by atoms with Crippen molar-refractivity contribution in [2.24, 2.45) is 0 Å². The number of fused-ring (bicyclic) bond motifs is 8. The molecule has 0 N–H and O–H groups in total. The highest BCUT2D eigenvalue weighted by atomic mass is 15.1. The highest BCUT2D eigenvalue weighted by Gasteiger charge is 2.42. The summed E-state index contributed by atoms with van der Waals surface area (Å²) in [6.45, 7) is 32.3. The van der Waals surface area contributed by atoms with Gasteiger partial charge in [0, 0.05) is 61.3 Å². The first-order chi connectivity index (χ1) is 34.0. The van der Waals surface area contributed by atoms with Crippen molar-refractivity contribution in [2.45, 2.75) is 124 Å². The van der Waals surface area contributed by atoms with Gasteiger partial charge in [-0.05, 0) is 157 Å². The smallest absolute Gasteiger partial charge is 0.0618 e. The summed E-state index contributed by atoms with van der Waals surface area (Å²) < 4.78 is 2.61. The molecule has 0 radical (unpaired) electrons. The molecule has 0 bridgehead atoms. The van der Waals surface area contributed by atoms with Gasteiger partial charge < -0.3 is 14.2 Å². The van der Waals surface area contributed by atoms with Crippen LogP contribution >= 0.6 is 0 Å². The van der Waals surface area contributed by atoms with Crippen molar-refractivity contribution in [2.75, 3.05) is 9.80 Å². The summed E-state index contributed by atoms with van der Waals surface area (Å²) in [5.74, 6) is 0. The maximum Gasteiger partial charge on any atom is 0.0618 e.